The Kier molecular flexibility index (Phi) is 53.5. The van der Waals surface area contributed by atoms with Crippen LogP contribution in [0, 0.1) is 5.41 Å². The van der Waals surface area contributed by atoms with Crippen LogP contribution in [0.2, 0.25) is 0 Å². The summed E-state index contributed by atoms with van der Waals surface area (Å²) in [4.78, 5) is 25.8. The zero-order valence-corrected chi connectivity index (χ0v) is 17.5. The molecule has 0 aliphatic carbocycles. The van der Waals surface area contributed by atoms with Gasteiger partial charge in [-0.15, -0.1) is 9.24 Å². The molecule has 0 radical (unpaired) electrons. The molecule has 1 atom stereocenters. The molecule has 3 N–H and O–H groups in total. The quantitative estimate of drug-likeness (QED) is 0.256. The van der Waals surface area contributed by atoms with Gasteiger partial charge in [0, 0.05) is 13.7 Å². The van der Waals surface area contributed by atoms with E-state index in [0.717, 1.165) is 19.7 Å². The molecule has 0 fully saturated rings. The largest absolute Gasteiger partial charge is 0.483 e. The molecule has 25 heavy (non-hydrogen) atoms. The van der Waals surface area contributed by atoms with Crippen LogP contribution in [0.25, 0.3) is 0 Å². The minimum atomic E-state index is -0.250. The number of hydrogen-bond acceptors (Lipinski definition) is 5. The van der Waals surface area contributed by atoms with Crippen molar-refractivity contribution in [2.45, 2.75) is 40.0 Å². The fraction of sp³-hybridized carbons (Fsp3) is 0.706. The summed E-state index contributed by atoms with van der Waals surface area (Å²) in [5.74, 6) is 0. The molecule has 0 amide bonds. The van der Waals surface area contributed by atoms with Gasteiger partial charge >= 0.3 is 0 Å². The van der Waals surface area contributed by atoms with E-state index in [1.54, 1.807) is 7.11 Å². The summed E-state index contributed by atoms with van der Waals surface area (Å²) in [6.07, 6.45) is 5.75. The Morgan fingerprint density at radius 3 is 1.72 bits per heavy atom. The first-order valence-corrected chi connectivity index (χ1v) is 8.95. The molecule has 0 saturated carbocycles. The second kappa shape index (κ2) is 38.3. The summed E-state index contributed by atoms with van der Waals surface area (Å²) >= 11 is 0. The summed E-state index contributed by atoms with van der Waals surface area (Å²) in [6, 6.07) is 0. The number of allylic oxidation sites excluding steroid dienone is 1. The van der Waals surface area contributed by atoms with Gasteiger partial charge in [-0.25, -0.2) is 0 Å². The van der Waals surface area contributed by atoms with Gasteiger partial charge in [0.2, 0.25) is 0 Å². The third-order valence-corrected chi connectivity index (χ3v) is 2.11. The molecule has 0 aromatic rings. The van der Waals surface area contributed by atoms with Crippen molar-refractivity contribution in [3.8, 4) is 0 Å². The first-order chi connectivity index (χ1) is 11.8. The summed E-state index contributed by atoms with van der Waals surface area (Å²) < 4.78 is 4.94. The van der Waals surface area contributed by atoms with E-state index < -0.39 is 0 Å². The highest BCUT2D eigenvalue weighted by molar-refractivity contribution is 7.15. The van der Waals surface area contributed by atoms with Crippen LogP contribution in [-0.2, 0) is 19.1 Å². The summed E-state index contributed by atoms with van der Waals surface area (Å²) in [7, 11) is 4.15. The van der Waals surface area contributed by atoms with Crippen molar-refractivity contribution in [2.75, 3.05) is 33.5 Å². The van der Waals surface area contributed by atoms with E-state index in [2.05, 4.69) is 41.9 Å². The molecule has 8 heteroatoms. The Labute approximate surface area is 155 Å². The summed E-state index contributed by atoms with van der Waals surface area (Å²) in [5.41, 5.74) is 0.493. The van der Waals surface area contributed by atoms with Gasteiger partial charge in [0.1, 0.15) is 6.29 Å². The van der Waals surface area contributed by atoms with Crippen LogP contribution in [0.15, 0.2) is 12.7 Å². The van der Waals surface area contributed by atoms with Crippen molar-refractivity contribution < 1.29 is 29.3 Å². The number of carbonyl (C=O) groups excluding carboxylic acids is 1. The fourth-order valence-corrected chi connectivity index (χ4v) is 1.20. The van der Waals surface area contributed by atoms with Crippen molar-refractivity contribution in [1.82, 2.24) is 5.32 Å². The average molecular weight is 383 g/mol. The molecule has 0 saturated heterocycles. The zero-order chi connectivity index (χ0) is 21.0. The van der Waals surface area contributed by atoms with E-state index in [9.17, 15) is 0 Å². The van der Waals surface area contributed by atoms with Crippen molar-refractivity contribution in [1.29, 1.82) is 0 Å². The van der Waals surface area contributed by atoms with Gasteiger partial charge in [-0.3, -0.25) is 14.4 Å². The molecular formula is C17H38NO6P. The molecule has 7 nitrogen and oxygen atoms in total. The summed E-state index contributed by atoms with van der Waals surface area (Å²) in [5, 5.41) is 17.1. The van der Waals surface area contributed by atoms with Crippen molar-refractivity contribution in [3.05, 3.63) is 12.7 Å². The lowest BCUT2D eigenvalue weighted by Gasteiger charge is -2.17. The lowest BCUT2D eigenvalue weighted by Crippen LogP contribution is -2.20. The van der Waals surface area contributed by atoms with Gasteiger partial charge in [0.05, 0.1) is 6.61 Å². The SMILES string of the molecule is C=CC=O.COCCNCCCCC(C)(C)C.CP.O=CO.O=CO. The number of ether oxygens (including phenoxy) is 1. The second-order valence-corrected chi connectivity index (χ2v) is 5.34. The van der Waals surface area contributed by atoms with Crippen LogP contribution < -0.4 is 5.32 Å². The third kappa shape index (κ3) is 103. The van der Waals surface area contributed by atoms with E-state index in [0.29, 0.717) is 11.7 Å². The van der Waals surface area contributed by atoms with Gasteiger partial charge in [0.15, 0.2) is 0 Å². The molecule has 0 aliphatic rings. The number of rotatable bonds is 8. The normalized spacial score (nSPS) is 8.24. The highest BCUT2D eigenvalue weighted by atomic mass is 31.0. The topological polar surface area (TPSA) is 113 Å². The smallest absolute Gasteiger partial charge is 0.290 e. The van der Waals surface area contributed by atoms with Crippen LogP contribution >= 0.6 is 9.24 Å². The number of nitrogens with one attached hydrogen (secondary N) is 1. The van der Waals surface area contributed by atoms with Gasteiger partial charge in [-0.05, 0) is 30.9 Å². The zero-order valence-electron chi connectivity index (χ0n) is 16.4. The monoisotopic (exact) mass is 383 g/mol. The van der Waals surface area contributed by atoms with E-state index in [1.165, 1.54) is 25.3 Å². The minimum Gasteiger partial charge on any atom is -0.483 e. The maximum atomic E-state index is 9.06. The van der Waals surface area contributed by atoms with Crippen LogP contribution in [0.1, 0.15) is 40.0 Å². The minimum absolute atomic E-state index is 0.250. The third-order valence-electron chi connectivity index (χ3n) is 2.11. The van der Waals surface area contributed by atoms with Gasteiger partial charge in [-0.1, -0.05) is 40.4 Å². The van der Waals surface area contributed by atoms with E-state index in [-0.39, 0.29) is 12.9 Å². The van der Waals surface area contributed by atoms with Gasteiger partial charge in [-0.2, -0.15) is 0 Å². The first kappa shape index (κ1) is 34.9. The highest BCUT2D eigenvalue weighted by Gasteiger charge is 2.08. The molecule has 0 aromatic carbocycles. The van der Waals surface area contributed by atoms with Crippen LogP contribution in [-0.4, -0.2) is 62.9 Å². The Morgan fingerprint density at radius 1 is 1.04 bits per heavy atom. The van der Waals surface area contributed by atoms with Crippen molar-refractivity contribution in [2.24, 2.45) is 5.41 Å². The Bertz CT molecular complexity index is 246. The van der Waals surface area contributed by atoms with E-state index >= 15 is 0 Å². The van der Waals surface area contributed by atoms with Crippen LogP contribution in [0.3, 0.4) is 0 Å². The van der Waals surface area contributed by atoms with Gasteiger partial charge < -0.3 is 20.3 Å². The Hall–Kier alpha value is -1.30. The molecule has 1 unspecified atom stereocenters. The predicted molar refractivity (Wildman–Crippen MR) is 107 cm³/mol. The molecule has 0 spiro atoms. The Balaban J connectivity index is -0.0000000912. The van der Waals surface area contributed by atoms with Crippen LogP contribution in [0.5, 0.6) is 0 Å². The predicted octanol–water partition coefficient (Wildman–Crippen LogP) is 2.70. The number of carboxylic acid groups (broad SMARTS) is 2. The molecule has 152 valence electrons. The maximum absolute atomic E-state index is 9.06. The number of carbonyl (C=O) groups is 3. The number of hydrogen-bond donors (Lipinski definition) is 3. The Morgan fingerprint density at radius 2 is 1.44 bits per heavy atom. The first-order valence-electron chi connectivity index (χ1n) is 7.80. The second-order valence-electron chi connectivity index (χ2n) is 5.34. The van der Waals surface area contributed by atoms with E-state index in [4.69, 9.17) is 29.3 Å². The average Bonchev–Trinajstić information content (AvgIpc) is 2.57. The van der Waals surface area contributed by atoms with Crippen molar-refractivity contribution >= 4 is 28.5 Å². The molecule has 0 bridgehead atoms. The molecule has 0 rings (SSSR count). The standard InChI is InChI=1S/C11H25NO.C3H4O.2CH2O2.CH5P/c1-11(2,3)7-5-6-8-12-9-10-13-4;1-2-3-4;2*2-1-3;1-2/h12H,5-10H2,1-4H3;2-3H,1H2;2*1H,(H,2,3);2H2,1H3. The lowest BCUT2D eigenvalue weighted by molar-refractivity contribution is -0.123. The number of methoxy groups -OCH3 is 1. The maximum Gasteiger partial charge on any atom is 0.290 e. The van der Waals surface area contributed by atoms with E-state index in [1.807, 2.05) is 6.66 Å². The summed E-state index contributed by atoms with van der Waals surface area (Å²) in [6.45, 7) is 14.3. The number of unbranched alkanes of at least 4 members (excludes halogenated alkanes) is 1. The number of aldehydes is 1. The van der Waals surface area contributed by atoms with Crippen molar-refractivity contribution in [3.63, 3.8) is 0 Å². The molecule has 0 aliphatic heterocycles. The molecule has 0 heterocycles. The highest BCUT2D eigenvalue weighted by Crippen LogP contribution is 2.20. The molecule has 0 aromatic heterocycles. The fourth-order valence-electron chi connectivity index (χ4n) is 1.20. The van der Waals surface area contributed by atoms with Gasteiger partial charge in [0.25, 0.3) is 12.9 Å². The lowest BCUT2D eigenvalue weighted by atomic mass is 9.90. The van der Waals surface area contributed by atoms with Crippen LogP contribution in [0.4, 0.5) is 0 Å². The molecular weight excluding hydrogens is 345 g/mol.